The molecule has 0 unspecified atom stereocenters. The van der Waals surface area contributed by atoms with Crippen molar-refractivity contribution in [1.29, 1.82) is 5.41 Å². The summed E-state index contributed by atoms with van der Waals surface area (Å²) in [7, 11) is 0. The van der Waals surface area contributed by atoms with Gasteiger partial charge in [0.15, 0.2) is 11.7 Å². The van der Waals surface area contributed by atoms with Crippen molar-refractivity contribution in [3.8, 4) is 0 Å². The number of ether oxygens (including phenoxy) is 2. The maximum Gasteiger partial charge on any atom is 0.246 e. The summed E-state index contributed by atoms with van der Waals surface area (Å²) < 4.78 is 10.9. The topological polar surface area (TPSA) is 705 Å². The molecule has 0 radical (unpaired) electrons. The number of benzene rings is 2. The van der Waals surface area contributed by atoms with Gasteiger partial charge in [-0.3, -0.25) is 82.1 Å². The Labute approximate surface area is 801 Å². The molecular formula is C92H142N26O20. The summed E-state index contributed by atoms with van der Waals surface area (Å²) in [5.74, 6) is -12.9. The molecule has 3 aromatic heterocycles. The Morgan fingerprint density at radius 3 is 1.89 bits per heavy atom. The molecule has 760 valence electrons. The van der Waals surface area contributed by atoms with Crippen molar-refractivity contribution in [2.75, 3.05) is 72.3 Å². The Balaban J connectivity index is 0.958. The quantitative estimate of drug-likeness (QED) is 0.0113. The molecule has 2 saturated heterocycles. The summed E-state index contributed by atoms with van der Waals surface area (Å²) >= 11 is 0. The predicted octanol–water partition coefficient (Wildman–Crippen LogP) is -2.06. The number of imidazole rings is 1. The minimum absolute atomic E-state index is 0.00938. The van der Waals surface area contributed by atoms with Gasteiger partial charge in [-0.25, -0.2) is 10.1 Å². The number of rotatable bonds is 57. The summed E-state index contributed by atoms with van der Waals surface area (Å²) in [6.45, 7) is 0.747. The molecule has 0 bridgehead atoms. The first-order chi connectivity index (χ1) is 66.5. The highest BCUT2D eigenvalue weighted by Gasteiger charge is 2.44. The fraction of sp³-hybridized carbons (Fsp3) is 0.620. The van der Waals surface area contributed by atoms with Crippen LogP contribution in [0.1, 0.15) is 216 Å². The van der Waals surface area contributed by atoms with Crippen LogP contribution in [0.3, 0.4) is 0 Å². The van der Waals surface area contributed by atoms with Crippen LogP contribution in [-0.4, -0.2) is 296 Å². The Morgan fingerprint density at radius 2 is 1.23 bits per heavy atom. The number of carbonyl (C=O) groups is 16. The number of aliphatic hydroxyl groups excluding tert-OH is 2. The largest absolute Gasteiger partial charge is 0.394 e. The smallest absolute Gasteiger partial charge is 0.246 e. The van der Waals surface area contributed by atoms with Gasteiger partial charge in [0.1, 0.15) is 72.8 Å². The third-order valence-corrected chi connectivity index (χ3v) is 23.6. The molecule has 46 heteroatoms. The molecule has 5 aromatic rings. The minimum Gasteiger partial charge on any atom is -0.394 e. The van der Waals surface area contributed by atoms with Gasteiger partial charge < -0.3 is 126 Å². The molecule has 0 aliphatic carbocycles. The molecule has 46 nitrogen and oxygen atoms in total. The van der Waals surface area contributed by atoms with Crippen molar-refractivity contribution in [2.24, 2.45) is 17.2 Å². The Hall–Kier alpha value is -13.0. The molecule has 7 rings (SSSR count). The number of carbonyl (C=O) groups excluding carboxylic acids is 16. The van der Waals surface area contributed by atoms with Crippen LogP contribution in [0.2, 0.25) is 0 Å². The van der Waals surface area contributed by atoms with E-state index >= 15 is 19.2 Å². The van der Waals surface area contributed by atoms with Crippen LogP contribution < -0.4 is 91.6 Å². The highest BCUT2D eigenvalue weighted by atomic mass is 16.5. The van der Waals surface area contributed by atoms with E-state index in [1.54, 1.807) is 49.5 Å². The van der Waals surface area contributed by atoms with Crippen LogP contribution in [0.5, 0.6) is 0 Å². The van der Waals surface area contributed by atoms with Crippen LogP contribution in [0.25, 0.3) is 10.9 Å². The maximum atomic E-state index is 15.4. The molecule has 0 spiro atoms. The number of hydrogen-bond acceptors (Lipinski definition) is 26. The Bertz CT molecular complexity index is 4680. The number of ketones is 1. The molecule has 2 fully saturated rings. The van der Waals surface area contributed by atoms with Gasteiger partial charge in [-0.2, -0.15) is 0 Å². The molecule has 2 aliphatic heterocycles. The SMILES string of the molecule is CCCC[C@H](NC(=O)[C@H](CCN)NC(=O)[C@H](Cc1c[nH]cn1)NC(=O)[C@H](CCC(N)=O)NC(=O)[C@H](CO)NC(=O)CNC(=O)COCCOCCNC(=O)CCCCCCCCCCCCCCCc1nnn[nH]1)C(=O)N[C@H]1CCC(=O)NCCCC[C@@H](C(C)=O)NC(=O)[C@H](Cc2c[nH]c3ccccc23)NC(=O)[C@H](CCCNC(=N)N)NC(=O)[C@@H](Cc2ccccc2)NC(=O)[C@@H]2C[C@@H](O)CN2C1=O. The number of nitrogens with one attached hydrogen (secondary N) is 18. The minimum atomic E-state index is -1.76. The molecule has 26 N–H and O–H groups in total. The summed E-state index contributed by atoms with van der Waals surface area (Å²) in [6.07, 6.45) is 17.2. The lowest BCUT2D eigenvalue weighted by atomic mass is 10.0. The van der Waals surface area contributed by atoms with E-state index < -0.39 is 219 Å². The van der Waals surface area contributed by atoms with Crippen molar-refractivity contribution >= 4 is 111 Å². The molecule has 15 amide bonds. The number of tetrazole rings is 1. The van der Waals surface area contributed by atoms with E-state index in [0.29, 0.717) is 24.0 Å². The van der Waals surface area contributed by atoms with Crippen molar-refractivity contribution in [3.05, 3.63) is 96.0 Å². The summed E-state index contributed by atoms with van der Waals surface area (Å²) in [5, 5.41) is 80.9. The number of Topliss-reactive ketones (excluding diaryl/α,β-unsaturated/α-hetero) is 1. The van der Waals surface area contributed by atoms with Gasteiger partial charge in [-0.05, 0) is 112 Å². The summed E-state index contributed by atoms with van der Waals surface area (Å²) in [6, 6.07) is -1.12. The van der Waals surface area contributed by atoms with Gasteiger partial charge in [-0.1, -0.05) is 139 Å². The maximum absolute atomic E-state index is 15.4. The average Bonchev–Trinajstić information content (AvgIpc) is 1.66. The first-order valence-electron chi connectivity index (χ1n) is 48.0. The number of aromatic amines is 3. The molecule has 138 heavy (non-hydrogen) atoms. The van der Waals surface area contributed by atoms with Crippen molar-refractivity contribution in [3.63, 3.8) is 0 Å². The first kappa shape index (κ1) is 112. The molecule has 2 aromatic carbocycles. The fourth-order valence-corrected chi connectivity index (χ4v) is 15.9. The molecule has 12 atom stereocenters. The number of aromatic nitrogens is 7. The number of guanidine groups is 1. The van der Waals surface area contributed by atoms with Crippen LogP contribution in [0.4, 0.5) is 0 Å². The third kappa shape index (κ3) is 41.9. The molecule has 0 saturated carbocycles. The zero-order valence-electron chi connectivity index (χ0n) is 79.0. The van der Waals surface area contributed by atoms with Crippen molar-refractivity contribution in [1.82, 2.24) is 115 Å². The number of unbranched alkanes of at least 4 members (excludes halogenated alkanes) is 13. The Kier molecular flexibility index (Phi) is 50.9. The van der Waals surface area contributed by atoms with Crippen molar-refractivity contribution < 1.29 is 96.4 Å². The standard InChI is InChI=1S/C92H142N26O20/c1-3-4-29-66(82(127)110-70-36-38-79(124)98-41-24-23-30-64(58(2)120)105-87(132)72(48-60-51-101-65-31-22-21-28-63(60)65)111-83(128)67(32-25-42-100-92(95)96)107-86(131)71(47-59-26-17-16-18-27-59)113-90(135)75-50-62(121)54-118(75)91(70)136)106-85(130)69(39-40-93)109-88(133)73(49-61-52-97-57-103-61)112-84(129)68(35-37-76(94)122)108-89(134)74(55-119)104-80(125)53-102-81(126)56-138-46-45-137-44-43-99-78(123)34-20-15-13-11-9-7-5-6-8-10-12-14-19-33-77-114-116-117-115-77/h16-18,21-22,26-28,31,51-52,57,62,64,66-75,101,119,121H,3-15,19-20,23-25,29-30,32-50,53-56,93H2,1-2H3,(H2,94,122)(H,97,103)(H,98,124)(H,99,123)(H,102,126)(H,104,125)(H,105,132)(H,106,130)(H,107,131)(H,108,134)(H,109,133)(H,110,127)(H,111,128)(H,112,129)(H,113,135)(H4,95,96,100)(H,114,115,116,117)/t62-,64+,66+,67+,68+,69+,70+,71-,72+,73+,74+,75+/m1/s1. The lowest BCUT2D eigenvalue weighted by Gasteiger charge is -2.31. The average molecular weight is 1930 g/mol. The second-order valence-electron chi connectivity index (χ2n) is 34.7. The van der Waals surface area contributed by atoms with Crippen LogP contribution in [-0.2, 0) is 112 Å². The lowest BCUT2D eigenvalue weighted by molar-refractivity contribution is -0.143. The zero-order valence-corrected chi connectivity index (χ0v) is 79.0. The van der Waals surface area contributed by atoms with Crippen LogP contribution >= 0.6 is 0 Å². The van der Waals surface area contributed by atoms with E-state index in [9.17, 15) is 67.7 Å². The third-order valence-electron chi connectivity index (χ3n) is 23.6. The molecule has 5 heterocycles. The number of H-pyrrole nitrogens is 3. The molecular weight excluding hydrogens is 1790 g/mol. The van der Waals surface area contributed by atoms with E-state index in [-0.39, 0.29) is 134 Å². The number of aryl methyl sites for hydroxylation is 1. The number of primary amides is 1. The normalized spacial score (nSPS) is 18.7. The number of aliphatic hydroxyl groups is 2. The fourth-order valence-electron chi connectivity index (χ4n) is 15.9. The number of nitrogens with zero attached hydrogens (tertiary/aromatic N) is 5. The second-order valence-corrected chi connectivity index (χ2v) is 34.7. The van der Waals surface area contributed by atoms with E-state index in [4.69, 9.17) is 32.1 Å². The van der Waals surface area contributed by atoms with Crippen LogP contribution in [0.15, 0.2) is 73.3 Å². The van der Waals surface area contributed by atoms with E-state index in [1.807, 2.05) is 18.2 Å². The number of hydrogen-bond donors (Lipinski definition) is 23. The highest BCUT2D eigenvalue weighted by molar-refractivity contribution is 6.01. The van der Waals surface area contributed by atoms with Gasteiger partial charge in [0.25, 0.3) is 0 Å². The lowest BCUT2D eigenvalue weighted by Crippen LogP contribution is -2.61. The van der Waals surface area contributed by atoms with Crippen molar-refractivity contribution in [2.45, 2.75) is 292 Å². The predicted molar refractivity (Wildman–Crippen MR) is 505 cm³/mol. The Morgan fingerprint density at radius 1 is 0.609 bits per heavy atom. The zero-order chi connectivity index (χ0) is 99.9. The van der Waals surface area contributed by atoms with Gasteiger partial charge >= 0.3 is 0 Å². The van der Waals surface area contributed by atoms with Gasteiger partial charge in [-0.15, -0.1) is 5.10 Å². The van der Waals surface area contributed by atoms with Gasteiger partial charge in [0.2, 0.25) is 88.6 Å². The van der Waals surface area contributed by atoms with Gasteiger partial charge in [0.05, 0.1) is 57.1 Å². The van der Waals surface area contributed by atoms with E-state index in [0.717, 1.165) is 60.2 Å². The number of amides is 15. The summed E-state index contributed by atoms with van der Waals surface area (Å²) in [5.41, 5.74) is 19.2. The first-order valence-corrected chi connectivity index (χ1v) is 48.0. The van der Waals surface area contributed by atoms with E-state index in [1.165, 1.54) is 70.8 Å². The number of nitrogens with two attached hydrogens (primary N) is 3. The van der Waals surface area contributed by atoms with Crippen LogP contribution in [0, 0.1) is 5.41 Å². The highest BCUT2D eigenvalue weighted by Crippen LogP contribution is 2.24. The number of fused-ring (bicyclic) bond motifs is 2. The number of para-hydroxylation sites is 1. The van der Waals surface area contributed by atoms with Gasteiger partial charge in [0, 0.05) is 101 Å². The summed E-state index contributed by atoms with van der Waals surface area (Å²) in [4.78, 5) is 236. The second kappa shape index (κ2) is 62.7. The molecule has 2 aliphatic rings. The monoisotopic (exact) mass is 1930 g/mol. The van der Waals surface area contributed by atoms with E-state index in [2.05, 4.69) is 110 Å².